The molecule has 88 valence electrons. The van der Waals surface area contributed by atoms with Crippen LogP contribution < -0.4 is 5.32 Å². The summed E-state index contributed by atoms with van der Waals surface area (Å²) in [5, 5.41) is 4.57. The fourth-order valence-corrected chi connectivity index (χ4v) is 2.82. The van der Waals surface area contributed by atoms with Gasteiger partial charge in [0.2, 0.25) is 0 Å². The molecule has 0 bridgehead atoms. The highest BCUT2D eigenvalue weighted by Gasteiger charge is 2.22. The van der Waals surface area contributed by atoms with E-state index in [0.29, 0.717) is 12.1 Å². The lowest BCUT2D eigenvalue weighted by molar-refractivity contribution is 0.433. The van der Waals surface area contributed by atoms with Crippen molar-refractivity contribution in [3.8, 4) is 0 Å². The summed E-state index contributed by atoms with van der Waals surface area (Å²) in [5.74, 6) is 0. The molecule has 0 aliphatic heterocycles. The van der Waals surface area contributed by atoms with E-state index in [1.165, 1.54) is 24.0 Å². The lowest BCUT2D eigenvalue weighted by Crippen LogP contribution is -2.36. The topological polar surface area (TPSA) is 12.0 Å². The highest BCUT2D eigenvalue weighted by molar-refractivity contribution is 6.30. The van der Waals surface area contributed by atoms with Crippen LogP contribution in [0.4, 0.5) is 0 Å². The minimum Gasteiger partial charge on any atom is -0.311 e. The van der Waals surface area contributed by atoms with E-state index < -0.39 is 0 Å². The standard InChI is InChI=1S/C14H20ClN/c1-3-4-10(2)16-14-8-11-5-6-13(15)7-12(11)9-14/h5-7,10,14,16H,3-4,8-9H2,1-2H3. The molecule has 1 aromatic rings. The zero-order valence-corrected chi connectivity index (χ0v) is 10.8. The van der Waals surface area contributed by atoms with Gasteiger partial charge < -0.3 is 5.32 Å². The van der Waals surface area contributed by atoms with Crippen LogP contribution >= 0.6 is 11.6 Å². The predicted molar refractivity (Wildman–Crippen MR) is 70.2 cm³/mol. The molecule has 0 radical (unpaired) electrons. The molecule has 2 atom stereocenters. The molecule has 1 aliphatic carbocycles. The zero-order valence-electron chi connectivity index (χ0n) is 10.1. The van der Waals surface area contributed by atoms with Crippen LogP contribution in [0.3, 0.4) is 0 Å². The van der Waals surface area contributed by atoms with Crippen LogP contribution in [-0.4, -0.2) is 12.1 Å². The van der Waals surface area contributed by atoms with Crippen molar-refractivity contribution in [2.75, 3.05) is 0 Å². The van der Waals surface area contributed by atoms with Crippen molar-refractivity contribution >= 4 is 11.6 Å². The predicted octanol–water partition coefficient (Wildman–Crippen LogP) is 3.59. The molecule has 0 amide bonds. The molecule has 1 nitrogen and oxygen atoms in total. The zero-order chi connectivity index (χ0) is 11.5. The Bertz CT molecular complexity index is 362. The highest BCUT2D eigenvalue weighted by Crippen LogP contribution is 2.25. The Kier molecular flexibility index (Phi) is 3.88. The molecule has 0 saturated carbocycles. The van der Waals surface area contributed by atoms with Gasteiger partial charge in [0.25, 0.3) is 0 Å². The summed E-state index contributed by atoms with van der Waals surface area (Å²) < 4.78 is 0. The summed E-state index contributed by atoms with van der Waals surface area (Å²) in [5.41, 5.74) is 2.89. The van der Waals surface area contributed by atoms with Crippen molar-refractivity contribution in [1.29, 1.82) is 0 Å². The van der Waals surface area contributed by atoms with Crippen molar-refractivity contribution in [3.05, 3.63) is 34.3 Å². The Hall–Kier alpha value is -0.530. The molecule has 0 aromatic heterocycles. The number of nitrogens with one attached hydrogen (secondary N) is 1. The van der Waals surface area contributed by atoms with Gasteiger partial charge in [-0.3, -0.25) is 0 Å². The maximum atomic E-state index is 6.01. The van der Waals surface area contributed by atoms with E-state index in [0.717, 1.165) is 17.9 Å². The molecule has 1 N–H and O–H groups in total. The molecule has 0 heterocycles. The monoisotopic (exact) mass is 237 g/mol. The molecule has 1 aromatic carbocycles. The van der Waals surface area contributed by atoms with E-state index in [1.54, 1.807) is 0 Å². The molecule has 16 heavy (non-hydrogen) atoms. The van der Waals surface area contributed by atoms with Crippen molar-refractivity contribution in [2.24, 2.45) is 0 Å². The fourth-order valence-electron chi connectivity index (χ4n) is 2.62. The minimum absolute atomic E-state index is 0.606. The summed E-state index contributed by atoms with van der Waals surface area (Å²) in [6.45, 7) is 4.51. The molecule has 1 aliphatic rings. The first-order valence-electron chi connectivity index (χ1n) is 6.22. The van der Waals surface area contributed by atoms with Crippen LogP contribution in [0, 0.1) is 0 Å². The van der Waals surface area contributed by atoms with Gasteiger partial charge in [-0.15, -0.1) is 0 Å². The highest BCUT2D eigenvalue weighted by atomic mass is 35.5. The molecular formula is C14H20ClN. The van der Waals surface area contributed by atoms with Crippen LogP contribution in [0.15, 0.2) is 18.2 Å². The van der Waals surface area contributed by atoms with Crippen LogP contribution in [0.1, 0.15) is 37.8 Å². The Morgan fingerprint density at radius 1 is 1.38 bits per heavy atom. The van der Waals surface area contributed by atoms with E-state index in [4.69, 9.17) is 11.6 Å². The number of rotatable bonds is 4. The third kappa shape index (κ3) is 2.78. The van der Waals surface area contributed by atoms with Gasteiger partial charge in [0.1, 0.15) is 0 Å². The van der Waals surface area contributed by atoms with E-state index in [2.05, 4.69) is 31.3 Å². The molecule has 0 fully saturated rings. The minimum atomic E-state index is 0.606. The summed E-state index contributed by atoms with van der Waals surface area (Å²) >= 11 is 6.01. The first kappa shape index (κ1) is 11.9. The van der Waals surface area contributed by atoms with Crippen molar-refractivity contribution < 1.29 is 0 Å². The summed E-state index contributed by atoms with van der Waals surface area (Å²) in [6.07, 6.45) is 4.79. The fraction of sp³-hybridized carbons (Fsp3) is 0.571. The van der Waals surface area contributed by atoms with Gasteiger partial charge in [0, 0.05) is 17.1 Å². The van der Waals surface area contributed by atoms with Gasteiger partial charge in [-0.1, -0.05) is 31.0 Å². The largest absolute Gasteiger partial charge is 0.311 e. The van der Waals surface area contributed by atoms with Gasteiger partial charge in [-0.2, -0.15) is 0 Å². The number of hydrogen-bond acceptors (Lipinski definition) is 1. The Morgan fingerprint density at radius 2 is 2.12 bits per heavy atom. The molecule has 2 unspecified atom stereocenters. The van der Waals surface area contributed by atoms with Crippen LogP contribution in [0.25, 0.3) is 0 Å². The molecule has 2 heteroatoms. The second-order valence-electron chi connectivity index (χ2n) is 4.87. The van der Waals surface area contributed by atoms with E-state index in [9.17, 15) is 0 Å². The Balaban J connectivity index is 1.95. The van der Waals surface area contributed by atoms with Gasteiger partial charge in [0.05, 0.1) is 0 Å². The average Bonchev–Trinajstić information content (AvgIpc) is 2.59. The van der Waals surface area contributed by atoms with Crippen molar-refractivity contribution in [1.82, 2.24) is 5.32 Å². The van der Waals surface area contributed by atoms with Gasteiger partial charge in [0.15, 0.2) is 0 Å². The normalized spacial score (nSPS) is 20.8. The molecule has 0 saturated heterocycles. The second-order valence-corrected chi connectivity index (χ2v) is 5.31. The van der Waals surface area contributed by atoms with Crippen LogP contribution in [0.5, 0.6) is 0 Å². The van der Waals surface area contributed by atoms with Crippen LogP contribution in [0.2, 0.25) is 5.02 Å². The number of halogens is 1. The van der Waals surface area contributed by atoms with Crippen LogP contribution in [-0.2, 0) is 12.8 Å². The molecule has 2 rings (SSSR count). The second kappa shape index (κ2) is 5.20. The first-order valence-corrected chi connectivity index (χ1v) is 6.60. The maximum absolute atomic E-state index is 6.01. The number of hydrogen-bond donors (Lipinski definition) is 1. The van der Waals surface area contributed by atoms with E-state index >= 15 is 0 Å². The summed E-state index contributed by atoms with van der Waals surface area (Å²) in [4.78, 5) is 0. The third-order valence-electron chi connectivity index (χ3n) is 3.34. The quantitative estimate of drug-likeness (QED) is 0.844. The first-order chi connectivity index (χ1) is 7.69. The lowest BCUT2D eigenvalue weighted by atomic mass is 10.1. The number of benzene rings is 1. The molecular weight excluding hydrogens is 218 g/mol. The lowest BCUT2D eigenvalue weighted by Gasteiger charge is -2.18. The Labute approximate surface area is 103 Å². The Morgan fingerprint density at radius 3 is 2.88 bits per heavy atom. The SMILES string of the molecule is CCCC(C)NC1Cc2ccc(Cl)cc2C1. The summed E-state index contributed by atoms with van der Waals surface area (Å²) in [6, 6.07) is 7.51. The third-order valence-corrected chi connectivity index (χ3v) is 3.58. The van der Waals surface area contributed by atoms with Crippen molar-refractivity contribution in [2.45, 2.75) is 51.6 Å². The summed E-state index contributed by atoms with van der Waals surface area (Å²) in [7, 11) is 0. The average molecular weight is 238 g/mol. The van der Waals surface area contributed by atoms with Crippen molar-refractivity contribution in [3.63, 3.8) is 0 Å². The van der Waals surface area contributed by atoms with E-state index in [1.807, 2.05) is 6.07 Å². The smallest absolute Gasteiger partial charge is 0.0408 e. The van der Waals surface area contributed by atoms with Gasteiger partial charge in [-0.25, -0.2) is 0 Å². The molecule has 0 spiro atoms. The van der Waals surface area contributed by atoms with Gasteiger partial charge in [-0.05, 0) is 49.4 Å². The van der Waals surface area contributed by atoms with Gasteiger partial charge >= 0.3 is 0 Å². The maximum Gasteiger partial charge on any atom is 0.0408 e. The number of fused-ring (bicyclic) bond motifs is 1. The van der Waals surface area contributed by atoms with E-state index in [-0.39, 0.29) is 0 Å².